The summed E-state index contributed by atoms with van der Waals surface area (Å²) in [5, 5.41) is 21.0. The van der Waals surface area contributed by atoms with Crippen LogP contribution in [0.15, 0.2) is 4.42 Å². The summed E-state index contributed by atoms with van der Waals surface area (Å²) in [6, 6.07) is 0. The van der Waals surface area contributed by atoms with Crippen molar-refractivity contribution in [2.45, 2.75) is 46.5 Å². The van der Waals surface area contributed by atoms with Crippen LogP contribution >= 0.6 is 11.5 Å². The number of aromatic nitrogens is 4. The molecule has 0 unspecified atom stereocenters. The van der Waals surface area contributed by atoms with E-state index in [2.05, 4.69) is 26.7 Å². The van der Waals surface area contributed by atoms with Gasteiger partial charge in [0.2, 0.25) is 5.89 Å². The Morgan fingerprint density at radius 3 is 2.76 bits per heavy atom. The lowest BCUT2D eigenvalue weighted by atomic mass is 9.86. The molecule has 0 aliphatic rings. The van der Waals surface area contributed by atoms with E-state index in [0.29, 0.717) is 18.2 Å². The van der Waals surface area contributed by atoms with Gasteiger partial charge in [0.25, 0.3) is 5.89 Å². The molecule has 2 aromatic heterocycles. The molecular formula is C13H18N4O3S. The van der Waals surface area contributed by atoms with Crippen LogP contribution in [-0.2, 0) is 17.6 Å². The molecule has 0 aromatic carbocycles. The van der Waals surface area contributed by atoms with Gasteiger partial charge in [0.05, 0.1) is 12.1 Å². The molecular weight excluding hydrogens is 292 g/mol. The van der Waals surface area contributed by atoms with E-state index in [0.717, 1.165) is 23.4 Å². The molecule has 0 fully saturated rings. The zero-order chi connectivity index (χ0) is 15.5. The Morgan fingerprint density at radius 2 is 2.10 bits per heavy atom. The van der Waals surface area contributed by atoms with Crippen molar-refractivity contribution in [1.82, 2.24) is 19.8 Å². The van der Waals surface area contributed by atoms with Crippen LogP contribution in [0.5, 0.6) is 0 Å². The first-order valence-corrected chi connectivity index (χ1v) is 7.54. The van der Waals surface area contributed by atoms with Gasteiger partial charge >= 0.3 is 5.97 Å². The number of rotatable bonds is 7. The molecule has 7 nitrogen and oxygen atoms in total. The van der Waals surface area contributed by atoms with Gasteiger partial charge in [-0.3, -0.25) is 4.79 Å². The van der Waals surface area contributed by atoms with E-state index in [1.165, 1.54) is 11.5 Å². The highest BCUT2D eigenvalue weighted by molar-refractivity contribution is 7.09. The zero-order valence-corrected chi connectivity index (χ0v) is 13.1. The zero-order valence-electron chi connectivity index (χ0n) is 12.3. The van der Waals surface area contributed by atoms with Gasteiger partial charge in [-0.1, -0.05) is 31.7 Å². The Bertz CT molecular complexity index is 620. The van der Waals surface area contributed by atoms with Gasteiger partial charge in [0.1, 0.15) is 4.88 Å². The Balaban J connectivity index is 2.14. The van der Waals surface area contributed by atoms with Crippen molar-refractivity contribution in [2.24, 2.45) is 5.41 Å². The van der Waals surface area contributed by atoms with Crippen molar-refractivity contribution in [2.75, 3.05) is 0 Å². The molecule has 0 aliphatic heterocycles. The first-order chi connectivity index (χ1) is 9.91. The highest BCUT2D eigenvalue weighted by Gasteiger charge is 2.26. The van der Waals surface area contributed by atoms with Crippen LogP contribution < -0.4 is 0 Å². The molecule has 0 saturated carbocycles. The normalized spacial score (nSPS) is 11.8. The second kappa shape index (κ2) is 6.30. The number of aliphatic carboxylic acids is 1. The van der Waals surface area contributed by atoms with E-state index < -0.39 is 11.4 Å². The van der Waals surface area contributed by atoms with Crippen LogP contribution in [0.2, 0.25) is 0 Å². The summed E-state index contributed by atoms with van der Waals surface area (Å²) in [5.41, 5.74) is 0.427. The van der Waals surface area contributed by atoms with Gasteiger partial charge in [-0.2, -0.15) is 0 Å². The molecule has 8 heteroatoms. The topological polar surface area (TPSA) is 102 Å². The van der Waals surface area contributed by atoms with E-state index in [9.17, 15) is 4.79 Å². The molecule has 0 aliphatic carbocycles. The van der Waals surface area contributed by atoms with E-state index in [1.54, 1.807) is 0 Å². The number of carboxylic acids is 1. The van der Waals surface area contributed by atoms with Gasteiger partial charge in [0, 0.05) is 6.42 Å². The van der Waals surface area contributed by atoms with Crippen LogP contribution in [0, 0.1) is 5.41 Å². The van der Waals surface area contributed by atoms with Crippen molar-refractivity contribution in [1.29, 1.82) is 0 Å². The lowest BCUT2D eigenvalue weighted by Gasteiger charge is -2.19. The summed E-state index contributed by atoms with van der Waals surface area (Å²) in [7, 11) is 0. The minimum Gasteiger partial charge on any atom is -0.481 e. The lowest BCUT2D eigenvalue weighted by Crippen LogP contribution is -2.19. The van der Waals surface area contributed by atoms with Crippen molar-refractivity contribution in [3.8, 4) is 10.8 Å². The molecule has 21 heavy (non-hydrogen) atoms. The molecule has 2 rings (SSSR count). The number of carbonyl (C=O) groups is 1. The largest absolute Gasteiger partial charge is 0.481 e. The number of hydrogen-bond acceptors (Lipinski definition) is 7. The van der Waals surface area contributed by atoms with Crippen molar-refractivity contribution in [3.05, 3.63) is 11.6 Å². The predicted molar refractivity (Wildman–Crippen MR) is 76.9 cm³/mol. The third-order valence-electron chi connectivity index (χ3n) is 2.96. The summed E-state index contributed by atoms with van der Waals surface area (Å²) in [4.78, 5) is 11.6. The van der Waals surface area contributed by atoms with Gasteiger partial charge in [-0.25, -0.2) is 0 Å². The van der Waals surface area contributed by atoms with Gasteiger partial charge < -0.3 is 9.52 Å². The number of carboxylic acid groups (broad SMARTS) is 1. The van der Waals surface area contributed by atoms with Crippen LogP contribution in [0.4, 0.5) is 0 Å². The number of aryl methyl sites for hydroxylation is 1. The first-order valence-electron chi connectivity index (χ1n) is 6.77. The second-order valence-electron chi connectivity index (χ2n) is 5.71. The Kier molecular flexibility index (Phi) is 4.66. The number of nitrogens with zero attached hydrogens (tertiary/aromatic N) is 4. The fraction of sp³-hybridized carbons (Fsp3) is 0.615. The molecule has 1 N–H and O–H groups in total. The minimum atomic E-state index is -0.836. The highest BCUT2D eigenvalue weighted by atomic mass is 32.1. The third kappa shape index (κ3) is 4.07. The van der Waals surface area contributed by atoms with Crippen molar-refractivity contribution >= 4 is 17.5 Å². The predicted octanol–water partition coefficient (Wildman–Crippen LogP) is 2.58. The minimum absolute atomic E-state index is 0.0495. The first kappa shape index (κ1) is 15.6. The second-order valence-corrected chi connectivity index (χ2v) is 6.47. The molecule has 0 spiro atoms. The van der Waals surface area contributed by atoms with Gasteiger partial charge in [-0.05, 0) is 23.4 Å². The molecule has 2 heterocycles. The fourth-order valence-electron chi connectivity index (χ4n) is 2.07. The van der Waals surface area contributed by atoms with Crippen molar-refractivity contribution in [3.63, 3.8) is 0 Å². The summed E-state index contributed by atoms with van der Waals surface area (Å²) >= 11 is 1.23. The van der Waals surface area contributed by atoms with E-state index in [-0.39, 0.29) is 6.42 Å². The SMILES string of the molecule is CCCc1nnsc1-c1nnc(CC(C)(C)CC(=O)O)o1. The smallest absolute Gasteiger partial charge is 0.303 e. The molecule has 0 saturated heterocycles. The lowest BCUT2D eigenvalue weighted by molar-refractivity contribution is -0.139. The standard InChI is InChI=1S/C13H18N4O3S/c1-4-5-8-11(21-17-14-8)12-16-15-9(20-12)6-13(2,3)7-10(18)19/h4-7H2,1-3H3,(H,18,19). The average Bonchev–Trinajstić information content (AvgIpc) is 2.96. The molecule has 2 aromatic rings. The number of hydrogen-bond donors (Lipinski definition) is 1. The Labute approximate surface area is 126 Å². The van der Waals surface area contributed by atoms with Crippen LogP contribution in [-0.4, -0.2) is 30.9 Å². The van der Waals surface area contributed by atoms with E-state index >= 15 is 0 Å². The average molecular weight is 310 g/mol. The van der Waals surface area contributed by atoms with Crippen molar-refractivity contribution < 1.29 is 14.3 Å². The molecule has 0 radical (unpaired) electrons. The molecule has 0 bridgehead atoms. The van der Waals surface area contributed by atoms with Crippen LogP contribution in [0.1, 0.15) is 45.2 Å². The van der Waals surface area contributed by atoms with Gasteiger partial charge in [0.15, 0.2) is 0 Å². The maximum atomic E-state index is 10.8. The molecule has 114 valence electrons. The molecule has 0 amide bonds. The summed E-state index contributed by atoms with van der Waals surface area (Å²) in [6.45, 7) is 5.79. The fourth-order valence-corrected chi connectivity index (χ4v) is 2.70. The Morgan fingerprint density at radius 1 is 1.33 bits per heavy atom. The summed E-state index contributed by atoms with van der Waals surface area (Å²) in [6.07, 6.45) is 2.24. The quantitative estimate of drug-likeness (QED) is 0.838. The maximum Gasteiger partial charge on any atom is 0.303 e. The Hall–Kier alpha value is -1.83. The molecule has 0 atom stereocenters. The van der Waals surface area contributed by atoms with Crippen LogP contribution in [0.3, 0.4) is 0 Å². The van der Waals surface area contributed by atoms with E-state index in [1.807, 2.05) is 13.8 Å². The third-order valence-corrected chi connectivity index (χ3v) is 3.72. The van der Waals surface area contributed by atoms with Gasteiger partial charge in [-0.15, -0.1) is 15.3 Å². The summed E-state index contributed by atoms with van der Waals surface area (Å²) < 4.78 is 9.57. The maximum absolute atomic E-state index is 10.8. The summed E-state index contributed by atoms with van der Waals surface area (Å²) in [5.74, 6) is 0.0123. The van der Waals surface area contributed by atoms with E-state index in [4.69, 9.17) is 9.52 Å². The monoisotopic (exact) mass is 310 g/mol. The van der Waals surface area contributed by atoms with Crippen LogP contribution in [0.25, 0.3) is 10.8 Å². The highest BCUT2D eigenvalue weighted by Crippen LogP contribution is 2.29.